The van der Waals surface area contributed by atoms with E-state index < -0.39 is 0 Å². The quantitative estimate of drug-likeness (QED) is 0.686. The zero-order chi connectivity index (χ0) is 14.7. The van der Waals surface area contributed by atoms with Gasteiger partial charge >= 0.3 is 0 Å². The van der Waals surface area contributed by atoms with Gasteiger partial charge in [0.15, 0.2) is 0 Å². The van der Waals surface area contributed by atoms with Gasteiger partial charge in [0.25, 0.3) is 0 Å². The lowest BCUT2D eigenvalue weighted by atomic mass is 9.76. The van der Waals surface area contributed by atoms with Crippen LogP contribution in [0.4, 0.5) is 0 Å². The average molecular weight is 391 g/mol. The first kappa shape index (κ1) is 15.0. The van der Waals surface area contributed by atoms with E-state index in [2.05, 4.69) is 83.4 Å². The molecule has 1 unspecified atom stereocenters. The van der Waals surface area contributed by atoms with Crippen molar-refractivity contribution in [3.8, 4) is 0 Å². The number of nitrogens with one attached hydrogen (secondary N) is 1. The molecule has 1 fully saturated rings. The second kappa shape index (κ2) is 6.93. The van der Waals surface area contributed by atoms with Gasteiger partial charge in [-0.05, 0) is 76.7 Å². The lowest BCUT2D eigenvalue weighted by Gasteiger charge is -2.31. The highest BCUT2D eigenvalue weighted by molar-refractivity contribution is 14.1. The molecule has 0 spiro atoms. The minimum Gasteiger partial charge on any atom is -0.307 e. The summed E-state index contributed by atoms with van der Waals surface area (Å²) in [4.78, 5) is 0. The molecular weight excluding hydrogens is 369 g/mol. The van der Waals surface area contributed by atoms with Crippen LogP contribution in [-0.2, 0) is 0 Å². The third kappa shape index (κ3) is 3.32. The molecule has 1 atom stereocenters. The Labute approximate surface area is 141 Å². The zero-order valence-electron chi connectivity index (χ0n) is 12.5. The Morgan fingerprint density at radius 2 is 1.81 bits per heavy atom. The molecule has 0 aliphatic heterocycles. The summed E-state index contributed by atoms with van der Waals surface area (Å²) in [7, 11) is 0. The maximum Gasteiger partial charge on any atom is 0.0579 e. The third-order valence-corrected chi connectivity index (χ3v) is 5.18. The molecule has 0 radical (unpaired) electrons. The van der Waals surface area contributed by atoms with Crippen LogP contribution in [-0.4, -0.2) is 6.54 Å². The Hall–Kier alpha value is -0.870. The topological polar surface area (TPSA) is 12.0 Å². The lowest BCUT2D eigenvalue weighted by Crippen LogP contribution is -2.24. The van der Waals surface area contributed by atoms with E-state index in [1.165, 1.54) is 34.0 Å². The summed E-state index contributed by atoms with van der Waals surface area (Å²) in [6, 6.07) is 18.2. The Morgan fingerprint density at radius 1 is 1.10 bits per heavy atom. The van der Waals surface area contributed by atoms with Crippen molar-refractivity contribution >= 4 is 22.6 Å². The molecular formula is C19H22IN. The highest BCUT2D eigenvalue weighted by atomic mass is 127. The van der Waals surface area contributed by atoms with Crippen LogP contribution in [0.2, 0.25) is 0 Å². The van der Waals surface area contributed by atoms with Gasteiger partial charge in [-0.2, -0.15) is 0 Å². The van der Waals surface area contributed by atoms with Crippen molar-refractivity contribution in [3.63, 3.8) is 0 Å². The molecule has 3 rings (SSSR count). The molecule has 21 heavy (non-hydrogen) atoms. The number of halogens is 1. The molecule has 0 heterocycles. The van der Waals surface area contributed by atoms with Crippen LogP contribution in [0.15, 0.2) is 48.5 Å². The van der Waals surface area contributed by atoms with Gasteiger partial charge in [-0.15, -0.1) is 0 Å². The van der Waals surface area contributed by atoms with Gasteiger partial charge in [0.2, 0.25) is 0 Å². The van der Waals surface area contributed by atoms with E-state index in [1.54, 1.807) is 5.56 Å². The summed E-state index contributed by atoms with van der Waals surface area (Å²) >= 11 is 2.37. The molecule has 0 bridgehead atoms. The Kier molecular flexibility index (Phi) is 4.96. The molecule has 2 aromatic rings. The fourth-order valence-corrected chi connectivity index (χ4v) is 3.49. The summed E-state index contributed by atoms with van der Waals surface area (Å²) in [6.07, 6.45) is 4.08. The fraction of sp³-hybridized carbons (Fsp3) is 0.368. The first-order valence-electron chi connectivity index (χ1n) is 7.87. The lowest BCUT2D eigenvalue weighted by molar-refractivity contribution is 0.414. The summed E-state index contributed by atoms with van der Waals surface area (Å²) in [5, 5.41) is 3.68. The number of rotatable bonds is 5. The van der Waals surface area contributed by atoms with Crippen LogP contribution in [0, 0.1) is 3.57 Å². The molecule has 0 aromatic heterocycles. The van der Waals surface area contributed by atoms with Gasteiger partial charge in [-0.3, -0.25) is 0 Å². The predicted molar refractivity (Wildman–Crippen MR) is 97.7 cm³/mol. The van der Waals surface area contributed by atoms with Gasteiger partial charge in [0.05, 0.1) is 6.04 Å². The summed E-state index contributed by atoms with van der Waals surface area (Å²) in [6.45, 7) is 3.17. The van der Waals surface area contributed by atoms with Crippen LogP contribution in [0.1, 0.15) is 54.8 Å². The molecule has 1 N–H and O–H groups in total. The largest absolute Gasteiger partial charge is 0.307 e. The van der Waals surface area contributed by atoms with Crippen molar-refractivity contribution in [3.05, 3.63) is 68.8 Å². The first-order chi connectivity index (χ1) is 10.3. The molecule has 1 aliphatic rings. The normalized spacial score (nSPS) is 16.5. The highest BCUT2D eigenvalue weighted by Crippen LogP contribution is 2.40. The SMILES string of the molecule is CCNC(c1ccc(I)cc1)c1ccccc1C1CCC1. The molecule has 110 valence electrons. The number of hydrogen-bond donors (Lipinski definition) is 1. The van der Waals surface area contributed by atoms with E-state index >= 15 is 0 Å². The third-order valence-electron chi connectivity index (χ3n) is 4.46. The van der Waals surface area contributed by atoms with Crippen LogP contribution in [0.3, 0.4) is 0 Å². The van der Waals surface area contributed by atoms with E-state index in [0.29, 0.717) is 6.04 Å². The van der Waals surface area contributed by atoms with Gasteiger partial charge in [-0.1, -0.05) is 49.7 Å². The van der Waals surface area contributed by atoms with Gasteiger partial charge in [-0.25, -0.2) is 0 Å². The Morgan fingerprint density at radius 3 is 2.43 bits per heavy atom. The van der Waals surface area contributed by atoms with E-state index in [0.717, 1.165) is 12.5 Å². The summed E-state index contributed by atoms with van der Waals surface area (Å²) in [5.41, 5.74) is 4.38. The van der Waals surface area contributed by atoms with Crippen molar-refractivity contribution in [2.45, 2.75) is 38.1 Å². The molecule has 1 aliphatic carbocycles. The smallest absolute Gasteiger partial charge is 0.0579 e. The Balaban J connectivity index is 1.99. The van der Waals surface area contributed by atoms with Crippen LogP contribution >= 0.6 is 22.6 Å². The zero-order valence-corrected chi connectivity index (χ0v) is 14.6. The van der Waals surface area contributed by atoms with E-state index in [1.807, 2.05) is 0 Å². The second-order valence-electron chi connectivity index (χ2n) is 5.80. The molecule has 2 heteroatoms. The van der Waals surface area contributed by atoms with Crippen LogP contribution in [0.25, 0.3) is 0 Å². The highest BCUT2D eigenvalue weighted by Gasteiger charge is 2.25. The fourth-order valence-electron chi connectivity index (χ4n) is 3.13. The first-order valence-corrected chi connectivity index (χ1v) is 8.95. The van der Waals surface area contributed by atoms with Crippen LogP contribution < -0.4 is 5.32 Å². The average Bonchev–Trinajstić information content (AvgIpc) is 2.45. The summed E-state index contributed by atoms with van der Waals surface area (Å²) in [5.74, 6) is 0.770. The van der Waals surface area contributed by atoms with Gasteiger partial charge in [0, 0.05) is 3.57 Å². The predicted octanol–water partition coefficient (Wildman–Crippen LogP) is 5.26. The van der Waals surface area contributed by atoms with Crippen molar-refractivity contribution in [1.82, 2.24) is 5.32 Å². The van der Waals surface area contributed by atoms with Crippen molar-refractivity contribution in [2.75, 3.05) is 6.54 Å². The number of hydrogen-bond acceptors (Lipinski definition) is 1. The monoisotopic (exact) mass is 391 g/mol. The summed E-state index contributed by atoms with van der Waals surface area (Å²) < 4.78 is 1.29. The standard InChI is InChI=1S/C19H22IN/c1-2-21-19(15-10-12-16(20)13-11-15)18-9-4-3-8-17(18)14-6-5-7-14/h3-4,8-14,19,21H,2,5-7H2,1H3. The van der Waals surface area contributed by atoms with E-state index in [4.69, 9.17) is 0 Å². The van der Waals surface area contributed by atoms with Crippen molar-refractivity contribution in [1.29, 1.82) is 0 Å². The van der Waals surface area contributed by atoms with E-state index in [-0.39, 0.29) is 0 Å². The maximum atomic E-state index is 3.68. The van der Waals surface area contributed by atoms with E-state index in [9.17, 15) is 0 Å². The molecule has 1 nitrogen and oxygen atoms in total. The van der Waals surface area contributed by atoms with Crippen molar-refractivity contribution < 1.29 is 0 Å². The molecule has 2 aromatic carbocycles. The maximum absolute atomic E-state index is 3.68. The minimum atomic E-state index is 0.309. The van der Waals surface area contributed by atoms with Crippen LogP contribution in [0.5, 0.6) is 0 Å². The van der Waals surface area contributed by atoms with Crippen molar-refractivity contribution in [2.24, 2.45) is 0 Å². The van der Waals surface area contributed by atoms with Gasteiger partial charge < -0.3 is 5.32 Å². The Bertz CT molecular complexity index is 587. The molecule has 1 saturated carbocycles. The number of benzene rings is 2. The van der Waals surface area contributed by atoms with Gasteiger partial charge in [0.1, 0.15) is 0 Å². The second-order valence-corrected chi connectivity index (χ2v) is 7.04. The minimum absolute atomic E-state index is 0.309. The molecule has 0 amide bonds. The molecule has 0 saturated heterocycles.